The van der Waals surface area contributed by atoms with Gasteiger partial charge in [0.05, 0.1) is 12.3 Å². The van der Waals surface area contributed by atoms with Crippen LogP contribution in [-0.4, -0.2) is 11.7 Å². The molecular formula is C9H10BrFN2O. The molecular weight excluding hydrogens is 251 g/mol. The average Bonchev–Trinajstić information content (AvgIpc) is 2.13. The summed E-state index contributed by atoms with van der Waals surface area (Å²) in [5, 5.41) is 8.69. The van der Waals surface area contributed by atoms with Gasteiger partial charge in [-0.2, -0.15) is 0 Å². The molecule has 14 heavy (non-hydrogen) atoms. The van der Waals surface area contributed by atoms with Gasteiger partial charge >= 0.3 is 0 Å². The van der Waals surface area contributed by atoms with Gasteiger partial charge in [-0.05, 0) is 18.2 Å². The van der Waals surface area contributed by atoms with E-state index in [-0.39, 0.29) is 18.0 Å². The van der Waals surface area contributed by atoms with Crippen LogP contribution in [0.5, 0.6) is 0 Å². The van der Waals surface area contributed by atoms with Crippen molar-refractivity contribution < 1.29 is 9.50 Å². The summed E-state index contributed by atoms with van der Waals surface area (Å²) in [6, 6.07) is 2.89. The molecule has 5 heteroatoms. The second-order valence-electron chi connectivity index (χ2n) is 2.77. The van der Waals surface area contributed by atoms with Gasteiger partial charge in [0.15, 0.2) is 0 Å². The third-order valence-corrected chi connectivity index (χ3v) is 2.11. The maximum atomic E-state index is 13.1. The SMILES string of the molecule is N/C(=C\c1cc(Br)cc(F)c1N)CO. The number of aliphatic hydroxyl groups is 1. The lowest BCUT2D eigenvalue weighted by Crippen LogP contribution is -2.03. The number of nitrogens with two attached hydrogens (primary N) is 2. The highest BCUT2D eigenvalue weighted by Gasteiger charge is 2.05. The minimum absolute atomic E-state index is 0.0181. The first-order valence-corrected chi connectivity index (χ1v) is 4.65. The van der Waals surface area contributed by atoms with Crippen LogP contribution in [0.25, 0.3) is 6.08 Å². The second kappa shape index (κ2) is 4.43. The normalized spacial score (nSPS) is 11.8. The lowest BCUT2D eigenvalue weighted by atomic mass is 10.1. The van der Waals surface area contributed by atoms with E-state index in [4.69, 9.17) is 16.6 Å². The molecule has 0 aliphatic carbocycles. The number of anilines is 1. The van der Waals surface area contributed by atoms with Gasteiger partial charge in [0.2, 0.25) is 0 Å². The molecule has 0 aromatic heterocycles. The molecule has 3 nitrogen and oxygen atoms in total. The minimum Gasteiger partial charge on any atom is -0.400 e. The number of halogens is 2. The minimum atomic E-state index is -0.517. The third-order valence-electron chi connectivity index (χ3n) is 1.65. The maximum absolute atomic E-state index is 13.1. The molecule has 0 fully saturated rings. The lowest BCUT2D eigenvalue weighted by molar-refractivity contribution is 0.331. The molecule has 0 radical (unpaired) electrons. The van der Waals surface area contributed by atoms with E-state index < -0.39 is 5.82 Å². The Labute approximate surface area is 89.3 Å². The molecule has 1 rings (SSSR count). The fraction of sp³-hybridized carbons (Fsp3) is 0.111. The van der Waals surface area contributed by atoms with Crippen molar-refractivity contribution in [3.8, 4) is 0 Å². The first-order chi connectivity index (χ1) is 6.54. The Bertz CT molecular complexity index is 379. The number of hydrogen-bond acceptors (Lipinski definition) is 3. The van der Waals surface area contributed by atoms with Crippen molar-refractivity contribution in [2.24, 2.45) is 5.73 Å². The van der Waals surface area contributed by atoms with Gasteiger partial charge in [-0.25, -0.2) is 4.39 Å². The van der Waals surface area contributed by atoms with Crippen molar-refractivity contribution in [3.63, 3.8) is 0 Å². The third kappa shape index (κ3) is 2.46. The molecule has 0 amide bonds. The quantitative estimate of drug-likeness (QED) is 0.706. The van der Waals surface area contributed by atoms with Crippen LogP contribution in [0.4, 0.5) is 10.1 Å². The summed E-state index contributed by atoms with van der Waals surface area (Å²) >= 11 is 3.13. The smallest absolute Gasteiger partial charge is 0.147 e. The fourth-order valence-corrected chi connectivity index (χ4v) is 1.42. The van der Waals surface area contributed by atoms with E-state index in [1.807, 2.05) is 0 Å². The topological polar surface area (TPSA) is 72.3 Å². The molecule has 0 heterocycles. The Morgan fingerprint density at radius 2 is 2.21 bits per heavy atom. The molecule has 0 unspecified atom stereocenters. The molecule has 0 spiro atoms. The van der Waals surface area contributed by atoms with E-state index in [9.17, 15) is 4.39 Å². The Balaban J connectivity index is 3.21. The zero-order valence-corrected chi connectivity index (χ0v) is 8.88. The van der Waals surface area contributed by atoms with E-state index in [0.717, 1.165) is 0 Å². The van der Waals surface area contributed by atoms with Crippen LogP contribution < -0.4 is 11.5 Å². The van der Waals surface area contributed by atoms with E-state index in [2.05, 4.69) is 15.9 Å². The van der Waals surface area contributed by atoms with E-state index in [1.165, 1.54) is 12.1 Å². The Hall–Kier alpha value is -1.07. The predicted molar refractivity (Wildman–Crippen MR) is 57.8 cm³/mol. The standard InChI is InChI=1S/C9H10BrFN2O/c10-6-1-5(2-7(12)4-14)9(13)8(11)3-6/h1-3,14H,4,12-13H2/b7-2-. The summed E-state index contributed by atoms with van der Waals surface area (Å²) in [6.07, 6.45) is 1.43. The highest BCUT2D eigenvalue weighted by Crippen LogP contribution is 2.23. The van der Waals surface area contributed by atoms with Crippen molar-refractivity contribution in [1.82, 2.24) is 0 Å². The molecule has 1 aromatic carbocycles. The Kier molecular flexibility index (Phi) is 3.49. The summed E-state index contributed by atoms with van der Waals surface area (Å²) in [5.74, 6) is -0.517. The number of benzene rings is 1. The highest BCUT2D eigenvalue weighted by atomic mass is 79.9. The number of aliphatic hydroxyl groups excluding tert-OH is 1. The molecule has 0 atom stereocenters. The second-order valence-corrected chi connectivity index (χ2v) is 3.68. The largest absolute Gasteiger partial charge is 0.400 e. The van der Waals surface area contributed by atoms with Gasteiger partial charge in [0.1, 0.15) is 5.82 Å². The maximum Gasteiger partial charge on any atom is 0.147 e. The van der Waals surface area contributed by atoms with E-state index in [1.54, 1.807) is 6.07 Å². The van der Waals surface area contributed by atoms with Crippen molar-refractivity contribution in [3.05, 3.63) is 33.7 Å². The first-order valence-electron chi connectivity index (χ1n) is 3.86. The van der Waals surface area contributed by atoms with Crippen LogP contribution in [0.2, 0.25) is 0 Å². The summed E-state index contributed by atoms with van der Waals surface area (Å²) in [7, 11) is 0. The van der Waals surface area contributed by atoms with Gasteiger partial charge in [-0.15, -0.1) is 0 Å². The molecule has 1 aromatic rings. The molecule has 0 aliphatic heterocycles. The van der Waals surface area contributed by atoms with Crippen molar-refractivity contribution in [2.75, 3.05) is 12.3 Å². The highest BCUT2D eigenvalue weighted by molar-refractivity contribution is 9.10. The van der Waals surface area contributed by atoms with Crippen LogP contribution in [0.3, 0.4) is 0 Å². The molecule has 0 bridgehead atoms. The van der Waals surface area contributed by atoms with Gasteiger partial charge in [-0.1, -0.05) is 15.9 Å². The zero-order chi connectivity index (χ0) is 10.7. The van der Waals surface area contributed by atoms with Crippen LogP contribution in [-0.2, 0) is 0 Å². The predicted octanol–water partition coefficient (Wildman–Crippen LogP) is 1.46. The molecule has 0 aliphatic rings. The Morgan fingerprint density at radius 3 is 2.79 bits per heavy atom. The van der Waals surface area contributed by atoms with Crippen molar-refractivity contribution in [2.45, 2.75) is 0 Å². The molecule has 0 saturated carbocycles. The van der Waals surface area contributed by atoms with Crippen LogP contribution in [0, 0.1) is 5.82 Å². The average molecular weight is 261 g/mol. The van der Waals surface area contributed by atoms with Crippen LogP contribution in [0.15, 0.2) is 22.3 Å². The number of hydrogen-bond donors (Lipinski definition) is 3. The van der Waals surface area contributed by atoms with E-state index >= 15 is 0 Å². The zero-order valence-electron chi connectivity index (χ0n) is 7.30. The monoisotopic (exact) mass is 260 g/mol. The summed E-state index contributed by atoms with van der Waals surface area (Å²) < 4.78 is 13.7. The first kappa shape index (κ1) is 11.0. The molecule has 5 N–H and O–H groups in total. The van der Waals surface area contributed by atoms with Crippen LogP contribution in [0.1, 0.15) is 5.56 Å². The van der Waals surface area contributed by atoms with Gasteiger partial charge in [-0.3, -0.25) is 0 Å². The van der Waals surface area contributed by atoms with Gasteiger partial charge < -0.3 is 16.6 Å². The fourth-order valence-electron chi connectivity index (χ4n) is 0.969. The summed E-state index contributed by atoms with van der Waals surface area (Å²) in [6.45, 7) is -0.284. The van der Waals surface area contributed by atoms with Gasteiger partial charge in [0, 0.05) is 15.7 Å². The van der Waals surface area contributed by atoms with Crippen molar-refractivity contribution in [1.29, 1.82) is 0 Å². The van der Waals surface area contributed by atoms with Crippen LogP contribution >= 0.6 is 15.9 Å². The molecule has 0 saturated heterocycles. The summed E-state index contributed by atoms with van der Waals surface area (Å²) in [4.78, 5) is 0. The summed E-state index contributed by atoms with van der Waals surface area (Å²) in [5.41, 5.74) is 11.6. The number of nitrogen functional groups attached to an aromatic ring is 1. The number of rotatable bonds is 2. The van der Waals surface area contributed by atoms with Gasteiger partial charge in [0.25, 0.3) is 0 Å². The molecule has 76 valence electrons. The van der Waals surface area contributed by atoms with Crippen molar-refractivity contribution >= 4 is 27.7 Å². The lowest BCUT2D eigenvalue weighted by Gasteiger charge is -2.04. The Morgan fingerprint density at radius 1 is 1.57 bits per heavy atom. The van der Waals surface area contributed by atoms with E-state index in [0.29, 0.717) is 10.0 Å².